The van der Waals surface area contributed by atoms with Crippen LogP contribution in [0.4, 0.5) is 5.69 Å². The summed E-state index contributed by atoms with van der Waals surface area (Å²) in [7, 11) is 1.63. The van der Waals surface area contributed by atoms with Crippen LogP contribution in [0.5, 0.6) is 11.5 Å². The maximum atomic E-state index is 13.0. The van der Waals surface area contributed by atoms with Crippen molar-refractivity contribution in [1.82, 2.24) is 9.55 Å². The molecule has 4 aromatic rings. The summed E-state index contributed by atoms with van der Waals surface area (Å²) in [6.07, 6.45) is 0.405. The number of nitrogens with zero attached hydrogens (tertiary/aromatic N) is 3. The lowest BCUT2D eigenvalue weighted by molar-refractivity contribution is -0.117. The van der Waals surface area contributed by atoms with Gasteiger partial charge in [-0.25, -0.2) is 4.98 Å². The van der Waals surface area contributed by atoms with Gasteiger partial charge in [-0.05, 0) is 48.9 Å². The lowest BCUT2D eigenvalue weighted by atomic mass is 10.1. The molecule has 5 rings (SSSR count). The fraction of sp³-hybridized carbons (Fsp3) is 0.259. The van der Waals surface area contributed by atoms with E-state index in [1.807, 2.05) is 72.5 Å². The summed E-state index contributed by atoms with van der Waals surface area (Å²) in [5.41, 5.74) is 3.73. The number of para-hydroxylation sites is 4. The van der Waals surface area contributed by atoms with Gasteiger partial charge in [0.15, 0.2) is 11.5 Å². The quantitative estimate of drug-likeness (QED) is 0.349. The van der Waals surface area contributed by atoms with Crippen LogP contribution in [0, 0.1) is 6.92 Å². The minimum atomic E-state index is -0.0236. The maximum Gasteiger partial charge on any atom is 0.227 e. The Morgan fingerprint density at radius 1 is 1.03 bits per heavy atom. The molecule has 6 nitrogen and oxygen atoms in total. The molecule has 0 bridgehead atoms. The SMILES string of the molecule is COc1ccccc1OCCn1c([C@@H]2CC(=O)N(c3cccc(Cl)c3C)C2)nc2ccccc21. The van der Waals surface area contributed by atoms with Gasteiger partial charge in [0.2, 0.25) is 5.91 Å². The second-order valence-electron chi connectivity index (χ2n) is 8.40. The van der Waals surface area contributed by atoms with E-state index >= 15 is 0 Å². The summed E-state index contributed by atoms with van der Waals surface area (Å²) in [4.78, 5) is 19.8. The molecule has 0 spiro atoms. The van der Waals surface area contributed by atoms with Gasteiger partial charge in [0.25, 0.3) is 0 Å². The number of halogens is 1. The first kappa shape index (κ1) is 22.3. The number of amides is 1. The number of benzene rings is 3. The van der Waals surface area contributed by atoms with Gasteiger partial charge >= 0.3 is 0 Å². The van der Waals surface area contributed by atoms with Crippen molar-refractivity contribution in [2.75, 3.05) is 25.2 Å². The highest BCUT2D eigenvalue weighted by molar-refractivity contribution is 6.31. The standard InChI is InChI=1S/C27H26ClN3O3/c1-18-20(28)8-7-11-22(18)31-17-19(16-26(31)32)27-29-21-9-3-4-10-23(21)30(27)14-15-34-25-13-6-5-12-24(25)33-2/h3-13,19H,14-17H2,1-2H3/t19-/m1/s1. The highest BCUT2D eigenvalue weighted by Gasteiger charge is 2.35. The van der Waals surface area contributed by atoms with E-state index in [0.717, 1.165) is 28.1 Å². The van der Waals surface area contributed by atoms with Crippen molar-refractivity contribution in [2.24, 2.45) is 0 Å². The summed E-state index contributed by atoms with van der Waals surface area (Å²) >= 11 is 6.32. The van der Waals surface area contributed by atoms with Crippen LogP contribution >= 0.6 is 11.6 Å². The van der Waals surface area contributed by atoms with Crippen LogP contribution in [0.25, 0.3) is 11.0 Å². The third kappa shape index (κ3) is 4.10. The van der Waals surface area contributed by atoms with Gasteiger partial charge in [-0.15, -0.1) is 0 Å². The van der Waals surface area contributed by atoms with Crippen molar-refractivity contribution in [1.29, 1.82) is 0 Å². The fourth-order valence-corrected chi connectivity index (χ4v) is 4.80. The van der Waals surface area contributed by atoms with Crippen LogP contribution in [-0.2, 0) is 11.3 Å². The minimum Gasteiger partial charge on any atom is -0.493 e. The topological polar surface area (TPSA) is 56.6 Å². The molecule has 1 amide bonds. The second kappa shape index (κ2) is 9.39. The van der Waals surface area contributed by atoms with E-state index in [4.69, 9.17) is 26.1 Å². The Morgan fingerprint density at radius 3 is 2.62 bits per heavy atom. The molecule has 174 valence electrons. The molecule has 2 heterocycles. The van der Waals surface area contributed by atoms with E-state index in [0.29, 0.717) is 42.6 Å². The summed E-state index contributed by atoms with van der Waals surface area (Å²) < 4.78 is 13.6. The average molecular weight is 476 g/mol. The van der Waals surface area contributed by atoms with E-state index in [-0.39, 0.29) is 11.8 Å². The van der Waals surface area contributed by atoms with Crippen LogP contribution in [0.15, 0.2) is 66.7 Å². The van der Waals surface area contributed by atoms with Gasteiger partial charge < -0.3 is 18.9 Å². The number of ether oxygens (including phenoxy) is 2. The largest absolute Gasteiger partial charge is 0.493 e. The lowest BCUT2D eigenvalue weighted by Gasteiger charge is -2.20. The van der Waals surface area contributed by atoms with E-state index in [1.54, 1.807) is 7.11 Å². The number of rotatable bonds is 7. The number of anilines is 1. The molecular formula is C27H26ClN3O3. The molecule has 0 unspecified atom stereocenters. The molecule has 0 saturated carbocycles. The Hall–Kier alpha value is -3.51. The molecule has 1 aliphatic rings. The maximum absolute atomic E-state index is 13.0. The van der Waals surface area contributed by atoms with E-state index < -0.39 is 0 Å². The first-order valence-electron chi connectivity index (χ1n) is 11.3. The van der Waals surface area contributed by atoms with Crippen LogP contribution in [0.2, 0.25) is 5.02 Å². The van der Waals surface area contributed by atoms with E-state index in [9.17, 15) is 4.79 Å². The Balaban J connectivity index is 1.42. The van der Waals surface area contributed by atoms with Gasteiger partial charge in [-0.1, -0.05) is 41.9 Å². The lowest BCUT2D eigenvalue weighted by Crippen LogP contribution is -2.25. The van der Waals surface area contributed by atoms with E-state index in [2.05, 4.69) is 10.6 Å². The molecular weight excluding hydrogens is 450 g/mol. The molecule has 0 N–H and O–H groups in total. The smallest absolute Gasteiger partial charge is 0.227 e. The van der Waals surface area contributed by atoms with Gasteiger partial charge in [-0.3, -0.25) is 4.79 Å². The van der Waals surface area contributed by atoms with Crippen LogP contribution in [0.3, 0.4) is 0 Å². The van der Waals surface area contributed by atoms with Crippen LogP contribution in [0.1, 0.15) is 23.7 Å². The van der Waals surface area contributed by atoms with Crippen molar-refractivity contribution in [3.63, 3.8) is 0 Å². The molecule has 1 atom stereocenters. The molecule has 1 saturated heterocycles. The third-order valence-corrected chi connectivity index (χ3v) is 6.76. The zero-order valence-corrected chi connectivity index (χ0v) is 20.0. The summed E-state index contributed by atoms with van der Waals surface area (Å²) in [5, 5.41) is 0.662. The number of hydrogen-bond donors (Lipinski definition) is 0. The number of hydrogen-bond acceptors (Lipinski definition) is 4. The van der Waals surface area contributed by atoms with Crippen molar-refractivity contribution >= 4 is 34.2 Å². The predicted molar refractivity (Wildman–Crippen MR) is 134 cm³/mol. The average Bonchev–Trinajstić information content (AvgIpc) is 3.41. The van der Waals surface area contributed by atoms with Gasteiger partial charge in [-0.2, -0.15) is 0 Å². The number of imidazole rings is 1. The Kier molecular flexibility index (Phi) is 6.16. The predicted octanol–water partition coefficient (Wildman–Crippen LogP) is 5.61. The Bertz CT molecular complexity index is 1350. The normalized spacial score (nSPS) is 15.8. The van der Waals surface area contributed by atoms with Gasteiger partial charge in [0.05, 0.1) is 24.7 Å². The van der Waals surface area contributed by atoms with Gasteiger partial charge in [0.1, 0.15) is 12.4 Å². The van der Waals surface area contributed by atoms with Crippen LogP contribution in [-0.4, -0.2) is 35.7 Å². The highest BCUT2D eigenvalue weighted by atomic mass is 35.5. The molecule has 1 aliphatic heterocycles. The monoisotopic (exact) mass is 475 g/mol. The summed E-state index contributed by atoms with van der Waals surface area (Å²) in [6.45, 7) is 3.57. The molecule has 3 aromatic carbocycles. The Labute approximate surface area is 203 Å². The van der Waals surface area contributed by atoms with Crippen molar-refractivity contribution in [3.05, 3.63) is 83.1 Å². The van der Waals surface area contributed by atoms with Crippen molar-refractivity contribution < 1.29 is 14.3 Å². The second-order valence-corrected chi connectivity index (χ2v) is 8.81. The number of carbonyl (C=O) groups is 1. The molecule has 7 heteroatoms. The zero-order valence-electron chi connectivity index (χ0n) is 19.2. The molecule has 0 radical (unpaired) electrons. The number of methoxy groups -OCH3 is 1. The third-order valence-electron chi connectivity index (χ3n) is 6.35. The molecule has 0 aliphatic carbocycles. The van der Waals surface area contributed by atoms with Crippen LogP contribution < -0.4 is 14.4 Å². The zero-order chi connectivity index (χ0) is 23.7. The molecule has 34 heavy (non-hydrogen) atoms. The van der Waals surface area contributed by atoms with E-state index in [1.165, 1.54) is 0 Å². The minimum absolute atomic E-state index is 0.0236. The Morgan fingerprint density at radius 2 is 1.79 bits per heavy atom. The first-order valence-corrected chi connectivity index (χ1v) is 11.7. The fourth-order valence-electron chi connectivity index (χ4n) is 4.63. The summed E-state index contributed by atoms with van der Waals surface area (Å²) in [5.74, 6) is 2.37. The summed E-state index contributed by atoms with van der Waals surface area (Å²) in [6, 6.07) is 21.3. The molecule has 1 fully saturated rings. The molecule has 1 aromatic heterocycles. The number of aromatic nitrogens is 2. The van der Waals surface area contributed by atoms with Crippen molar-refractivity contribution in [2.45, 2.75) is 25.8 Å². The first-order chi connectivity index (χ1) is 16.6. The van der Waals surface area contributed by atoms with Crippen molar-refractivity contribution in [3.8, 4) is 11.5 Å². The number of carbonyl (C=O) groups excluding carboxylic acids is 1. The number of fused-ring (bicyclic) bond motifs is 1. The van der Waals surface area contributed by atoms with Gasteiger partial charge in [0, 0.05) is 29.6 Å². The highest BCUT2D eigenvalue weighted by Crippen LogP contribution is 2.36.